The van der Waals surface area contributed by atoms with Crippen LogP contribution >= 0.6 is 0 Å². The van der Waals surface area contributed by atoms with Crippen LogP contribution in [-0.4, -0.2) is 12.1 Å². The molecule has 2 rings (SSSR count). The molecule has 1 aliphatic rings. The van der Waals surface area contributed by atoms with E-state index in [9.17, 15) is 0 Å². The normalized spacial score (nSPS) is 17.3. The summed E-state index contributed by atoms with van der Waals surface area (Å²) in [6, 6.07) is 6.43. The molecule has 0 saturated carbocycles. The van der Waals surface area contributed by atoms with Gasteiger partial charge in [-0.15, -0.1) is 0 Å². The number of nitrogens with two attached hydrogens (primary N) is 1. The van der Waals surface area contributed by atoms with E-state index in [0.29, 0.717) is 0 Å². The van der Waals surface area contributed by atoms with Gasteiger partial charge in [0.25, 0.3) is 0 Å². The molecule has 1 aromatic carbocycles. The third-order valence-corrected chi connectivity index (χ3v) is 2.82. The van der Waals surface area contributed by atoms with Crippen molar-refractivity contribution in [2.24, 2.45) is 5.73 Å². The van der Waals surface area contributed by atoms with Crippen LogP contribution in [0.2, 0.25) is 0 Å². The van der Waals surface area contributed by atoms with Crippen molar-refractivity contribution < 1.29 is 4.74 Å². The lowest BCUT2D eigenvalue weighted by Gasteiger charge is -2.18. The van der Waals surface area contributed by atoms with Crippen molar-refractivity contribution in [1.29, 1.82) is 0 Å². The molecule has 2 N–H and O–H groups in total. The zero-order chi connectivity index (χ0) is 10.9. The van der Waals surface area contributed by atoms with Gasteiger partial charge < -0.3 is 10.5 Å². The predicted molar refractivity (Wildman–Crippen MR) is 62.2 cm³/mol. The maximum atomic E-state index is 5.98. The van der Waals surface area contributed by atoms with Crippen LogP contribution in [-0.2, 0) is 12.8 Å². The van der Waals surface area contributed by atoms with E-state index in [-0.39, 0.29) is 5.60 Å². The van der Waals surface area contributed by atoms with Gasteiger partial charge in [-0.05, 0) is 44.4 Å². The minimum Gasteiger partial charge on any atom is -0.487 e. The zero-order valence-electron chi connectivity index (χ0n) is 9.55. The fourth-order valence-electron chi connectivity index (χ4n) is 2.17. The third-order valence-electron chi connectivity index (χ3n) is 2.82. The monoisotopic (exact) mass is 205 g/mol. The van der Waals surface area contributed by atoms with Gasteiger partial charge in [0.05, 0.1) is 0 Å². The van der Waals surface area contributed by atoms with Crippen LogP contribution < -0.4 is 10.5 Å². The molecule has 1 aliphatic heterocycles. The molecule has 0 spiro atoms. The summed E-state index contributed by atoms with van der Waals surface area (Å²) in [6.45, 7) is 5.02. The summed E-state index contributed by atoms with van der Waals surface area (Å²) >= 11 is 0. The van der Waals surface area contributed by atoms with Gasteiger partial charge in [0.15, 0.2) is 0 Å². The van der Waals surface area contributed by atoms with Crippen LogP contribution in [0.25, 0.3) is 0 Å². The van der Waals surface area contributed by atoms with Crippen molar-refractivity contribution in [3.05, 3.63) is 29.3 Å². The Balaban J connectivity index is 2.25. The van der Waals surface area contributed by atoms with Crippen molar-refractivity contribution in [2.45, 2.75) is 38.7 Å². The summed E-state index contributed by atoms with van der Waals surface area (Å²) in [7, 11) is 0. The van der Waals surface area contributed by atoms with Crippen molar-refractivity contribution in [3.63, 3.8) is 0 Å². The Morgan fingerprint density at radius 1 is 1.40 bits per heavy atom. The topological polar surface area (TPSA) is 35.2 Å². The molecule has 0 saturated heterocycles. The van der Waals surface area contributed by atoms with E-state index in [1.54, 1.807) is 0 Å². The summed E-state index contributed by atoms with van der Waals surface area (Å²) < 4.78 is 5.98. The second-order valence-electron chi connectivity index (χ2n) is 4.84. The number of para-hydroxylation sites is 1. The Bertz CT molecular complexity index is 358. The Labute approximate surface area is 91.4 Å². The molecule has 0 bridgehead atoms. The predicted octanol–water partition coefficient (Wildman–Crippen LogP) is 2.29. The van der Waals surface area contributed by atoms with Crippen molar-refractivity contribution in [2.75, 3.05) is 6.54 Å². The van der Waals surface area contributed by atoms with Gasteiger partial charge >= 0.3 is 0 Å². The molecule has 1 heterocycles. The first-order chi connectivity index (χ1) is 7.12. The second-order valence-corrected chi connectivity index (χ2v) is 4.84. The highest BCUT2D eigenvalue weighted by Crippen LogP contribution is 2.37. The molecule has 0 radical (unpaired) electrons. The van der Waals surface area contributed by atoms with E-state index in [0.717, 1.165) is 31.6 Å². The van der Waals surface area contributed by atoms with E-state index in [4.69, 9.17) is 10.5 Å². The first kappa shape index (κ1) is 10.5. The highest BCUT2D eigenvalue weighted by Gasteiger charge is 2.31. The van der Waals surface area contributed by atoms with Gasteiger partial charge in [0, 0.05) is 6.42 Å². The molecule has 0 aliphatic carbocycles. The van der Waals surface area contributed by atoms with E-state index in [1.165, 1.54) is 11.1 Å². The Morgan fingerprint density at radius 2 is 2.20 bits per heavy atom. The quantitative estimate of drug-likeness (QED) is 0.821. The largest absolute Gasteiger partial charge is 0.487 e. The first-order valence-corrected chi connectivity index (χ1v) is 5.62. The summed E-state index contributed by atoms with van der Waals surface area (Å²) in [6.07, 6.45) is 3.06. The van der Waals surface area contributed by atoms with Gasteiger partial charge in [0.1, 0.15) is 11.4 Å². The molecule has 2 heteroatoms. The van der Waals surface area contributed by atoms with E-state index in [1.807, 2.05) is 0 Å². The van der Waals surface area contributed by atoms with Crippen LogP contribution in [0.3, 0.4) is 0 Å². The number of fused-ring (bicyclic) bond motifs is 1. The number of benzene rings is 1. The fourth-order valence-corrected chi connectivity index (χ4v) is 2.17. The van der Waals surface area contributed by atoms with Crippen LogP contribution in [0.1, 0.15) is 31.4 Å². The second kappa shape index (κ2) is 3.86. The van der Waals surface area contributed by atoms with Gasteiger partial charge in [-0.3, -0.25) is 0 Å². The lowest BCUT2D eigenvalue weighted by Crippen LogP contribution is -2.24. The van der Waals surface area contributed by atoms with Crippen LogP contribution in [0.15, 0.2) is 18.2 Å². The van der Waals surface area contributed by atoms with E-state index < -0.39 is 0 Å². The van der Waals surface area contributed by atoms with Gasteiger partial charge in [-0.25, -0.2) is 0 Å². The molecule has 82 valence electrons. The number of hydrogen-bond donors (Lipinski definition) is 1. The minimum absolute atomic E-state index is 0.0405. The zero-order valence-corrected chi connectivity index (χ0v) is 9.55. The van der Waals surface area contributed by atoms with Crippen LogP contribution in [0, 0.1) is 0 Å². The molecule has 15 heavy (non-hydrogen) atoms. The molecule has 0 amide bonds. The van der Waals surface area contributed by atoms with Crippen molar-refractivity contribution >= 4 is 0 Å². The molecule has 1 aromatic rings. The fraction of sp³-hybridized carbons (Fsp3) is 0.538. The first-order valence-electron chi connectivity index (χ1n) is 5.62. The van der Waals surface area contributed by atoms with E-state index in [2.05, 4.69) is 32.0 Å². The van der Waals surface area contributed by atoms with Crippen LogP contribution in [0.4, 0.5) is 0 Å². The Kier molecular flexibility index (Phi) is 2.70. The standard InChI is InChI=1S/C13H19NO/c1-13(2)9-11-6-3-5-10(7-4-8-14)12(11)15-13/h3,5-6H,4,7-9,14H2,1-2H3. The van der Waals surface area contributed by atoms with Crippen LogP contribution in [0.5, 0.6) is 5.75 Å². The molecule has 0 atom stereocenters. The maximum absolute atomic E-state index is 5.98. The molecule has 0 fully saturated rings. The van der Waals surface area contributed by atoms with Gasteiger partial charge in [-0.2, -0.15) is 0 Å². The van der Waals surface area contributed by atoms with Crippen molar-refractivity contribution in [1.82, 2.24) is 0 Å². The molecule has 0 aromatic heterocycles. The highest BCUT2D eigenvalue weighted by atomic mass is 16.5. The molecule has 2 nitrogen and oxygen atoms in total. The van der Waals surface area contributed by atoms with Gasteiger partial charge in [-0.1, -0.05) is 18.2 Å². The Hall–Kier alpha value is -1.02. The average Bonchev–Trinajstić information content (AvgIpc) is 2.49. The molecule has 0 unspecified atom stereocenters. The number of ether oxygens (including phenoxy) is 1. The summed E-state index contributed by atoms with van der Waals surface area (Å²) in [5, 5.41) is 0. The van der Waals surface area contributed by atoms with Crippen molar-refractivity contribution in [3.8, 4) is 5.75 Å². The smallest absolute Gasteiger partial charge is 0.126 e. The SMILES string of the molecule is CC1(C)Cc2cccc(CCCN)c2O1. The lowest BCUT2D eigenvalue weighted by molar-refractivity contribution is 0.137. The average molecular weight is 205 g/mol. The highest BCUT2D eigenvalue weighted by molar-refractivity contribution is 5.45. The third kappa shape index (κ3) is 2.15. The number of aryl methyl sites for hydroxylation is 1. The number of hydrogen-bond acceptors (Lipinski definition) is 2. The Morgan fingerprint density at radius 3 is 2.93 bits per heavy atom. The minimum atomic E-state index is -0.0405. The maximum Gasteiger partial charge on any atom is 0.126 e. The number of rotatable bonds is 3. The van der Waals surface area contributed by atoms with E-state index >= 15 is 0 Å². The summed E-state index contributed by atoms with van der Waals surface area (Å²) in [4.78, 5) is 0. The summed E-state index contributed by atoms with van der Waals surface area (Å²) in [5.41, 5.74) is 8.14. The summed E-state index contributed by atoms with van der Waals surface area (Å²) in [5.74, 6) is 1.11. The lowest BCUT2D eigenvalue weighted by atomic mass is 9.99. The van der Waals surface area contributed by atoms with Gasteiger partial charge in [0.2, 0.25) is 0 Å². The molecular weight excluding hydrogens is 186 g/mol. The molecular formula is C13H19NO.